The van der Waals surface area contributed by atoms with E-state index >= 15 is 0 Å². The lowest BCUT2D eigenvalue weighted by atomic mass is 10.1. The minimum absolute atomic E-state index is 0.0614. The molecule has 1 N–H and O–H groups in total. The lowest BCUT2D eigenvalue weighted by Gasteiger charge is -2.28. The van der Waals surface area contributed by atoms with Gasteiger partial charge in [-0.3, -0.25) is 14.5 Å². The van der Waals surface area contributed by atoms with Crippen LogP contribution in [0.15, 0.2) is 53.6 Å². The van der Waals surface area contributed by atoms with Crippen molar-refractivity contribution < 1.29 is 14.3 Å². The number of anilines is 1. The Balaban J connectivity index is 1.42. The molecule has 4 rings (SSSR count). The van der Waals surface area contributed by atoms with Crippen LogP contribution >= 0.6 is 0 Å². The lowest BCUT2D eigenvalue weighted by Crippen LogP contribution is -2.44. The smallest absolute Gasteiger partial charge is 0.265 e. The Bertz CT molecular complexity index is 849. The number of hydrogen-bond acceptors (Lipinski definition) is 4. The van der Waals surface area contributed by atoms with Gasteiger partial charge in [0.15, 0.2) is 6.61 Å². The highest BCUT2D eigenvalue weighted by molar-refractivity contribution is 6.02. The molecular formula is C19H17N3O3. The fourth-order valence-electron chi connectivity index (χ4n) is 3.13. The second-order valence-electron chi connectivity index (χ2n) is 6.07. The number of fused-ring (bicyclic) bond motifs is 2. The van der Waals surface area contributed by atoms with Gasteiger partial charge in [-0.15, -0.1) is 0 Å². The SMILES string of the molecule is O=C(CN1C(=O)COc2ccccc21)NN=C1Cc2ccccc2C1. The summed E-state index contributed by atoms with van der Waals surface area (Å²) in [7, 11) is 0. The van der Waals surface area contributed by atoms with Crippen LogP contribution in [0.2, 0.25) is 0 Å². The van der Waals surface area contributed by atoms with Crippen LogP contribution in [0.3, 0.4) is 0 Å². The third kappa shape index (κ3) is 3.10. The molecule has 1 heterocycles. The first kappa shape index (κ1) is 15.4. The van der Waals surface area contributed by atoms with Gasteiger partial charge in [-0.1, -0.05) is 36.4 Å². The van der Waals surface area contributed by atoms with Gasteiger partial charge in [0, 0.05) is 18.6 Å². The molecule has 2 amide bonds. The maximum absolute atomic E-state index is 12.2. The summed E-state index contributed by atoms with van der Waals surface area (Å²) in [5, 5.41) is 4.23. The molecule has 6 nitrogen and oxygen atoms in total. The predicted octanol–water partition coefficient (Wildman–Crippen LogP) is 1.68. The van der Waals surface area contributed by atoms with Crippen LogP contribution < -0.4 is 15.1 Å². The van der Waals surface area contributed by atoms with E-state index in [9.17, 15) is 9.59 Å². The van der Waals surface area contributed by atoms with Gasteiger partial charge >= 0.3 is 0 Å². The van der Waals surface area contributed by atoms with Crippen molar-refractivity contribution in [2.75, 3.05) is 18.1 Å². The molecule has 0 fully saturated rings. The minimum atomic E-state index is -0.325. The molecule has 1 aliphatic carbocycles. The number of carbonyl (C=O) groups excluding carboxylic acids is 2. The highest BCUT2D eigenvalue weighted by Gasteiger charge is 2.27. The Morgan fingerprint density at radius 2 is 1.76 bits per heavy atom. The molecule has 0 saturated heterocycles. The van der Waals surface area contributed by atoms with E-state index in [0.29, 0.717) is 11.4 Å². The number of benzene rings is 2. The fourth-order valence-corrected chi connectivity index (χ4v) is 3.13. The molecule has 0 saturated carbocycles. The monoisotopic (exact) mass is 335 g/mol. The topological polar surface area (TPSA) is 71.0 Å². The summed E-state index contributed by atoms with van der Waals surface area (Å²) in [5.74, 6) is 0.0377. The molecule has 25 heavy (non-hydrogen) atoms. The number of ether oxygens (including phenoxy) is 1. The van der Waals surface area contributed by atoms with Crippen molar-refractivity contribution >= 4 is 23.2 Å². The van der Waals surface area contributed by atoms with E-state index in [1.807, 2.05) is 24.3 Å². The molecule has 1 aliphatic heterocycles. The van der Waals surface area contributed by atoms with Gasteiger partial charge in [-0.25, -0.2) is 5.43 Å². The molecule has 2 aliphatic rings. The third-order valence-electron chi connectivity index (χ3n) is 4.36. The number of nitrogens with zero attached hydrogens (tertiary/aromatic N) is 2. The second-order valence-corrected chi connectivity index (χ2v) is 6.07. The van der Waals surface area contributed by atoms with E-state index in [4.69, 9.17) is 4.74 Å². The predicted molar refractivity (Wildman–Crippen MR) is 93.7 cm³/mol. The van der Waals surface area contributed by atoms with Crippen molar-refractivity contribution in [2.24, 2.45) is 5.10 Å². The zero-order valence-corrected chi connectivity index (χ0v) is 13.6. The maximum Gasteiger partial charge on any atom is 0.265 e. The minimum Gasteiger partial charge on any atom is -0.482 e. The number of carbonyl (C=O) groups is 2. The molecule has 0 radical (unpaired) electrons. The molecule has 0 unspecified atom stereocenters. The molecule has 2 aromatic carbocycles. The summed E-state index contributed by atoms with van der Waals surface area (Å²) < 4.78 is 5.37. The molecule has 2 aromatic rings. The van der Waals surface area contributed by atoms with E-state index in [1.54, 1.807) is 12.1 Å². The summed E-state index contributed by atoms with van der Waals surface area (Å²) in [6.45, 7) is -0.142. The third-order valence-corrected chi connectivity index (χ3v) is 4.36. The Kier molecular flexibility index (Phi) is 3.93. The maximum atomic E-state index is 12.2. The Morgan fingerprint density at radius 1 is 1.08 bits per heavy atom. The second kappa shape index (κ2) is 6.39. The Morgan fingerprint density at radius 3 is 2.52 bits per heavy atom. The average Bonchev–Trinajstić information content (AvgIpc) is 3.05. The van der Waals surface area contributed by atoms with Crippen LogP contribution in [-0.4, -0.2) is 30.7 Å². The molecule has 0 bridgehead atoms. The Hall–Kier alpha value is -3.15. The zero-order chi connectivity index (χ0) is 17.2. The van der Waals surface area contributed by atoms with Gasteiger partial charge in [-0.05, 0) is 23.3 Å². The van der Waals surface area contributed by atoms with Crippen molar-refractivity contribution in [3.8, 4) is 5.75 Å². The molecule has 6 heteroatoms. The van der Waals surface area contributed by atoms with Gasteiger partial charge < -0.3 is 4.74 Å². The van der Waals surface area contributed by atoms with E-state index in [2.05, 4.69) is 22.7 Å². The first-order valence-electron chi connectivity index (χ1n) is 8.14. The quantitative estimate of drug-likeness (QED) is 0.868. The van der Waals surface area contributed by atoms with Gasteiger partial charge in [0.25, 0.3) is 11.8 Å². The van der Waals surface area contributed by atoms with Crippen molar-refractivity contribution in [2.45, 2.75) is 12.8 Å². The van der Waals surface area contributed by atoms with Crippen LogP contribution in [0.4, 0.5) is 5.69 Å². The summed E-state index contributed by atoms with van der Waals surface area (Å²) in [6, 6.07) is 15.3. The normalized spacial score (nSPS) is 15.3. The summed E-state index contributed by atoms with van der Waals surface area (Å²) in [6.07, 6.45) is 1.49. The van der Waals surface area contributed by atoms with Crippen LogP contribution in [0, 0.1) is 0 Å². The van der Waals surface area contributed by atoms with Crippen LogP contribution in [0.1, 0.15) is 11.1 Å². The summed E-state index contributed by atoms with van der Waals surface area (Å²) in [5.41, 5.74) is 6.59. The van der Waals surface area contributed by atoms with E-state index in [0.717, 1.165) is 18.6 Å². The standard InChI is InChI=1S/C19H17N3O3/c23-18(21-20-15-9-13-5-1-2-6-14(13)10-15)11-22-16-7-3-4-8-17(16)25-12-19(22)24/h1-8H,9-12H2,(H,21,23). The average molecular weight is 335 g/mol. The van der Waals surface area contributed by atoms with Crippen molar-refractivity contribution in [1.82, 2.24) is 5.43 Å². The van der Waals surface area contributed by atoms with Gasteiger partial charge in [0.05, 0.1) is 5.69 Å². The number of rotatable bonds is 3. The van der Waals surface area contributed by atoms with Crippen LogP contribution in [0.25, 0.3) is 0 Å². The van der Waals surface area contributed by atoms with Crippen molar-refractivity contribution in [1.29, 1.82) is 0 Å². The first-order valence-corrected chi connectivity index (χ1v) is 8.14. The van der Waals surface area contributed by atoms with E-state index in [1.165, 1.54) is 16.0 Å². The van der Waals surface area contributed by atoms with Crippen LogP contribution in [0.5, 0.6) is 5.75 Å². The molecular weight excluding hydrogens is 318 g/mol. The number of hydrogen-bond donors (Lipinski definition) is 1. The number of hydrazone groups is 1. The first-order chi connectivity index (χ1) is 12.2. The van der Waals surface area contributed by atoms with Crippen molar-refractivity contribution in [3.63, 3.8) is 0 Å². The van der Waals surface area contributed by atoms with Gasteiger partial charge in [0.1, 0.15) is 12.3 Å². The highest BCUT2D eigenvalue weighted by Crippen LogP contribution is 2.31. The fraction of sp³-hybridized carbons (Fsp3) is 0.211. The highest BCUT2D eigenvalue weighted by atomic mass is 16.5. The molecule has 0 spiro atoms. The Labute approximate surface area is 145 Å². The van der Waals surface area contributed by atoms with Crippen LogP contribution in [-0.2, 0) is 22.4 Å². The number of amides is 2. The van der Waals surface area contributed by atoms with Gasteiger partial charge in [-0.2, -0.15) is 5.10 Å². The summed E-state index contributed by atoms with van der Waals surface area (Å²) in [4.78, 5) is 25.8. The zero-order valence-electron chi connectivity index (χ0n) is 13.6. The molecule has 0 aromatic heterocycles. The number of para-hydroxylation sites is 2. The largest absolute Gasteiger partial charge is 0.482 e. The van der Waals surface area contributed by atoms with Gasteiger partial charge in [0.2, 0.25) is 0 Å². The molecule has 126 valence electrons. The van der Waals surface area contributed by atoms with Crippen molar-refractivity contribution in [3.05, 3.63) is 59.7 Å². The summed E-state index contributed by atoms with van der Waals surface area (Å²) >= 11 is 0. The van der Waals surface area contributed by atoms with E-state index < -0.39 is 0 Å². The number of nitrogens with one attached hydrogen (secondary N) is 1. The molecule has 0 atom stereocenters. The lowest BCUT2D eigenvalue weighted by molar-refractivity contribution is -0.125. The van der Waals surface area contributed by atoms with E-state index in [-0.39, 0.29) is 25.0 Å².